The third kappa shape index (κ3) is 4.50. The van der Waals surface area contributed by atoms with Crippen molar-refractivity contribution in [3.8, 4) is 0 Å². The number of amides is 1. The number of anilines is 1. The number of alkyl halides is 3. The number of halogens is 3. The average molecular weight is 412 g/mol. The molecular weight excluding hydrogens is 395 g/mol. The van der Waals surface area contributed by atoms with Crippen molar-refractivity contribution >= 4 is 27.5 Å². The number of hydrogen-bond donors (Lipinski definition) is 3. The van der Waals surface area contributed by atoms with Crippen molar-refractivity contribution in [3.63, 3.8) is 0 Å². The molecule has 0 fully saturated rings. The van der Waals surface area contributed by atoms with Crippen molar-refractivity contribution in [3.05, 3.63) is 59.7 Å². The van der Waals surface area contributed by atoms with Gasteiger partial charge in [0.15, 0.2) is 0 Å². The lowest BCUT2D eigenvalue weighted by Gasteiger charge is -2.13. The lowest BCUT2D eigenvalue weighted by atomic mass is 10.1. The molecule has 0 atom stereocenters. The number of rotatable bonds is 4. The maximum atomic E-state index is 13.1. The predicted octanol–water partition coefficient (Wildman–Crippen LogP) is 1.51. The third-order valence-corrected chi connectivity index (χ3v) is 5.47. The van der Waals surface area contributed by atoms with Crippen LogP contribution in [0.1, 0.15) is 28.8 Å². The van der Waals surface area contributed by atoms with E-state index in [-0.39, 0.29) is 10.6 Å². The summed E-state index contributed by atoms with van der Waals surface area (Å²) < 4.78 is 66.6. The third-order valence-electron chi connectivity index (χ3n) is 4.08. The quantitative estimate of drug-likeness (QED) is 0.711. The van der Waals surface area contributed by atoms with E-state index in [9.17, 15) is 26.4 Å². The Balaban J connectivity index is 1.83. The highest BCUT2D eigenvalue weighted by Crippen LogP contribution is 2.32. The van der Waals surface area contributed by atoms with Crippen molar-refractivity contribution in [1.82, 2.24) is 4.72 Å². The second-order valence-corrected chi connectivity index (χ2v) is 7.82. The summed E-state index contributed by atoms with van der Waals surface area (Å²) >= 11 is 0. The van der Waals surface area contributed by atoms with Crippen LogP contribution in [0.2, 0.25) is 0 Å². The molecule has 0 bridgehead atoms. The molecule has 1 aliphatic heterocycles. The highest BCUT2D eigenvalue weighted by Gasteiger charge is 2.35. The Morgan fingerprint density at radius 1 is 1.07 bits per heavy atom. The van der Waals surface area contributed by atoms with Gasteiger partial charge in [0, 0.05) is 5.69 Å². The summed E-state index contributed by atoms with van der Waals surface area (Å²) in [5.74, 6) is -0.504. The molecule has 0 aromatic heterocycles. The summed E-state index contributed by atoms with van der Waals surface area (Å²) in [5, 5.41) is 2.32. The molecule has 3 N–H and O–H groups in total. The summed E-state index contributed by atoms with van der Waals surface area (Å²) in [5.41, 5.74) is -1.55. The van der Waals surface area contributed by atoms with E-state index < -0.39 is 33.2 Å². The number of carbonyl (C=O) groups is 1. The highest BCUT2D eigenvalue weighted by molar-refractivity contribution is 7.90. The van der Waals surface area contributed by atoms with Gasteiger partial charge in [0.1, 0.15) is 4.90 Å². The Hall–Kier alpha value is -2.88. The zero-order valence-corrected chi connectivity index (χ0v) is 15.3. The minimum atomic E-state index is -4.69. The average Bonchev–Trinajstić information content (AvgIpc) is 3.13. The standard InChI is InChI=1S/C18H16F3N3O3S/c19-18(20,21)15-8-2-1-7-14(15)17(25)23-12-5-3-6-13(11-12)28(26,27)24-16-9-4-10-22-16/h1-3,5-8,11H,4,9-10H2,(H,22,24)(H,23,25)/p+1. The largest absolute Gasteiger partial charge is 0.417 e. The van der Waals surface area contributed by atoms with Gasteiger partial charge in [-0.1, -0.05) is 18.2 Å². The Morgan fingerprint density at radius 3 is 2.50 bits per heavy atom. The van der Waals surface area contributed by atoms with E-state index in [0.717, 1.165) is 18.6 Å². The molecule has 0 saturated heterocycles. The maximum absolute atomic E-state index is 13.1. The first-order chi connectivity index (χ1) is 13.2. The van der Waals surface area contributed by atoms with Crippen LogP contribution in [-0.4, -0.2) is 26.7 Å². The van der Waals surface area contributed by atoms with Gasteiger partial charge in [-0.25, -0.2) is 0 Å². The molecular formula is C18H17F3N3O3S+. The molecule has 6 nitrogen and oxygen atoms in total. The second-order valence-electron chi connectivity index (χ2n) is 6.14. The fourth-order valence-corrected chi connectivity index (χ4v) is 3.93. The fourth-order valence-electron chi connectivity index (χ4n) is 2.77. The molecule has 0 saturated carbocycles. The Labute approximate surface area is 159 Å². The van der Waals surface area contributed by atoms with Gasteiger partial charge in [-0.3, -0.25) is 9.79 Å². The van der Waals surface area contributed by atoms with E-state index in [1.807, 2.05) is 0 Å². The molecule has 28 heavy (non-hydrogen) atoms. The molecule has 0 radical (unpaired) electrons. The number of amidine groups is 1. The van der Waals surface area contributed by atoms with E-state index in [2.05, 4.69) is 15.0 Å². The van der Waals surface area contributed by atoms with E-state index >= 15 is 0 Å². The topological polar surface area (TPSA) is 89.2 Å². The second kappa shape index (κ2) is 7.63. The predicted molar refractivity (Wildman–Crippen MR) is 96.2 cm³/mol. The van der Waals surface area contributed by atoms with Gasteiger partial charge in [-0.05, 0) is 36.8 Å². The van der Waals surface area contributed by atoms with Crippen molar-refractivity contribution in [2.45, 2.75) is 23.9 Å². The van der Waals surface area contributed by atoms with Gasteiger partial charge < -0.3 is 5.32 Å². The summed E-state index contributed by atoms with van der Waals surface area (Å²) in [7, 11) is -3.88. The van der Waals surface area contributed by atoms with Gasteiger partial charge >= 0.3 is 16.2 Å². The van der Waals surface area contributed by atoms with Crippen LogP contribution in [0.3, 0.4) is 0 Å². The van der Waals surface area contributed by atoms with E-state index in [4.69, 9.17) is 0 Å². The maximum Gasteiger partial charge on any atom is 0.417 e. The van der Waals surface area contributed by atoms with Crippen LogP contribution < -0.4 is 15.0 Å². The van der Waals surface area contributed by atoms with Crippen LogP contribution in [-0.2, 0) is 16.2 Å². The normalized spacial score (nSPS) is 14.5. The number of hydrogen-bond acceptors (Lipinski definition) is 3. The van der Waals surface area contributed by atoms with Gasteiger partial charge in [0.05, 0.1) is 24.1 Å². The lowest BCUT2D eigenvalue weighted by Crippen LogP contribution is -2.72. The van der Waals surface area contributed by atoms with Crippen molar-refractivity contribution in [2.24, 2.45) is 0 Å². The minimum Gasteiger partial charge on any atom is -0.322 e. The number of benzene rings is 2. The van der Waals surface area contributed by atoms with Crippen molar-refractivity contribution in [1.29, 1.82) is 0 Å². The van der Waals surface area contributed by atoms with E-state index in [1.165, 1.54) is 36.4 Å². The molecule has 0 aliphatic carbocycles. The SMILES string of the molecule is O=C(Nc1cccc(S(=O)(=O)NC2=[NH+]CCC2)c1)c1ccccc1C(F)(F)F. The molecule has 0 spiro atoms. The van der Waals surface area contributed by atoms with Gasteiger partial charge in [-0.15, -0.1) is 0 Å². The van der Waals surface area contributed by atoms with E-state index in [1.54, 1.807) is 0 Å². The van der Waals surface area contributed by atoms with Crippen LogP contribution in [0.25, 0.3) is 0 Å². The first-order valence-electron chi connectivity index (χ1n) is 8.37. The smallest absolute Gasteiger partial charge is 0.322 e. The zero-order chi connectivity index (χ0) is 20.4. The molecule has 1 heterocycles. The van der Waals surface area contributed by atoms with Crippen LogP contribution in [0.5, 0.6) is 0 Å². The molecule has 2 aromatic rings. The summed E-state index contributed by atoms with van der Waals surface area (Å²) in [4.78, 5) is 15.1. The molecule has 3 rings (SSSR count). The van der Waals surface area contributed by atoms with Crippen LogP contribution in [0.4, 0.5) is 18.9 Å². The Morgan fingerprint density at radius 2 is 1.82 bits per heavy atom. The summed E-state index contributed by atoms with van der Waals surface area (Å²) in [6, 6.07) is 9.69. The van der Waals surface area contributed by atoms with Gasteiger partial charge in [0.25, 0.3) is 11.7 Å². The Kier molecular flexibility index (Phi) is 5.41. The van der Waals surface area contributed by atoms with Crippen LogP contribution >= 0.6 is 0 Å². The van der Waals surface area contributed by atoms with Crippen molar-refractivity contribution in [2.75, 3.05) is 11.9 Å². The first-order valence-corrected chi connectivity index (χ1v) is 9.85. The first kappa shape index (κ1) is 19.9. The molecule has 1 amide bonds. The number of nitrogens with one attached hydrogen (secondary N) is 3. The molecule has 2 aromatic carbocycles. The lowest BCUT2D eigenvalue weighted by molar-refractivity contribution is -0.448. The number of sulfonamides is 1. The van der Waals surface area contributed by atoms with E-state index in [0.29, 0.717) is 18.8 Å². The fraction of sp³-hybridized carbons (Fsp3) is 0.222. The molecule has 148 valence electrons. The summed E-state index contributed by atoms with van der Waals surface area (Å²) in [6.45, 7) is 0.673. The molecule has 10 heteroatoms. The van der Waals surface area contributed by atoms with Gasteiger partial charge in [0.2, 0.25) is 0 Å². The van der Waals surface area contributed by atoms with Crippen LogP contribution in [0.15, 0.2) is 53.4 Å². The zero-order valence-electron chi connectivity index (χ0n) is 14.5. The van der Waals surface area contributed by atoms with Gasteiger partial charge in [-0.2, -0.15) is 26.3 Å². The number of carbonyl (C=O) groups excluding carboxylic acids is 1. The molecule has 0 unspecified atom stereocenters. The minimum absolute atomic E-state index is 0.0641. The molecule has 1 aliphatic rings. The monoisotopic (exact) mass is 412 g/mol. The Bertz CT molecular complexity index is 1030. The highest BCUT2D eigenvalue weighted by atomic mass is 32.2. The van der Waals surface area contributed by atoms with Crippen molar-refractivity contribution < 1.29 is 31.4 Å². The van der Waals surface area contributed by atoms with Crippen LogP contribution in [0, 0.1) is 0 Å². The summed E-state index contributed by atoms with van der Waals surface area (Å²) in [6.07, 6.45) is -3.30.